The van der Waals surface area contributed by atoms with Crippen molar-refractivity contribution >= 4 is 21.7 Å². The number of guanidine groups is 1. The van der Waals surface area contributed by atoms with Crippen molar-refractivity contribution < 1.29 is 8.42 Å². The van der Waals surface area contributed by atoms with Crippen LogP contribution in [0.4, 0.5) is 5.69 Å². The van der Waals surface area contributed by atoms with Gasteiger partial charge in [0.15, 0.2) is 5.96 Å². The first kappa shape index (κ1) is 18.4. The molecular formula is C19H24N4O2S. The highest BCUT2D eigenvalue weighted by Gasteiger charge is 2.22. The number of sulfonamides is 1. The Balaban J connectivity index is 1.69. The fourth-order valence-corrected chi connectivity index (χ4v) is 3.93. The number of hydrogen-bond donors (Lipinski definition) is 1. The van der Waals surface area contributed by atoms with E-state index < -0.39 is 10.0 Å². The second kappa shape index (κ2) is 7.47. The van der Waals surface area contributed by atoms with Crippen molar-refractivity contribution in [2.45, 2.75) is 17.9 Å². The number of fused-ring (bicyclic) bond motifs is 1. The van der Waals surface area contributed by atoms with Gasteiger partial charge in [-0.15, -0.1) is 0 Å². The average Bonchev–Trinajstić information content (AvgIpc) is 3.07. The molecule has 0 atom stereocenters. The van der Waals surface area contributed by atoms with Crippen LogP contribution >= 0.6 is 0 Å². The smallest absolute Gasteiger partial charge is 0.242 e. The minimum atomic E-state index is -3.40. The maximum absolute atomic E-state index is 12.1. The highest BCUT2D eigenvalue weighted by atomic mass is 32.2. The molecule has 0 aliphatic carbocycles. The van der Waals surface area contributed by atoms with Crippen molar-refractivity contribution in [3.8, 4) is 0 Å². The van der Waals surface area contributed by atoms with Crippen molar-refractivity contribution in [3.05, 3.63) is 59.7 Å². The van der Waals surface area contributed by atoms with Crippen molar-refractivity contribution in [2.24, 2.45) is 4.99 Å². The second-order valence-corrected chi connectivity index (χ2v) is 8.51. The Morgan fingerprint density at radius 2 is 1.85 bits per heavy atom. The zero-order valence-corrected chi connectivity index (χ0v) is 16.1. The molecule has 2 aromatic rings. The van der Waals surface area contributed by atoms with Gasteiger partial charge in [0.1, 0.15) is 0 Å². The molecule has 0 saturated carbocycles. The Kier molecular flexibility index (Phi) is 5.29. The van der Waals surface area contributed by atoms with Crippen LogP contribution < -0.4 is 10.2 Å². The molecule has 1 N–H and O–H groups in total. The van der Waals surface area contributed by atoms with Gasteiger partial charge in [-0.3, -0.25) is 4.99 Å². The predicted molar refractivity (Wildman–Crippen MR) is 105 cm³/mol. The summed E-state index contributed by atoms with van der Waals surface area (Å²) in [6, 6.07) is 15.3. The van der Waals surface area contributed by atoms with Gasteiger partial charge in [-0.25, -0.2) is 12.7 Å². The van der Waals surface area contributed by atoms with Gasteiger partial charge in [-0.1, -0.05) is 30.3 Å². The molecule has 6 nitrogen and oxygen atoms in total. The summed E-state index contributed by atoms with van der Waals surface area (Å²) in [7, 11) is 1.44. The number of nitrogens with one attached hydrogen (secondary N) is 1. The third-order valence-corrected chi connectivity index (χ3v) is 6.34. The summed E-state index contributed by atoms with van der Waals surface area (Å²) in [5.74, 6) is 0.819. The number of rotatable bonds is 4. The van der Waals surface area contributed by atoms with Gasteiger partial charge >= 0.3 is 0 Å². The molecule has 7 heteroatoms. The van der Waals surface area contributed by atoms with Crippen LogP contribution in [0.3, 0.4) is 0 Å². The number of aliphatic imine (C=N–C) groups is 1. The molecule has 0 saturated heterocycles. The summed E-state index contributed by atoms with van der Waals surface area (Å²) in [6.45, 7) is 1.48. The van der Waals surface area contributed by atoms with E-state index in [0.29, 0.717) is 11.4 Å². The molecule has 2 aromatic carbocycles. The molecule has 138 valence electrons. The number of anilines is 1. The normalized spacial score (nSPS) is 14.6. The minimum Gasteiger partial charge on any atom is -0.352 e. The summed E-state index contributed by atoms with van der Waals surface area (Å²) in [4.78, 5) is 6.87. The van der Waals surface area contributed by atoms with E-state index in [1.165, 1.54) is 29.7 Å². The van der Waals surface area contributed by atoms with Crippen molar-refractivity contribution in [3.63, 3.8) is 0 Å². The van der Waals surface area contributed by atoms with E-state index >= 15 is 0 Å². The molecule has 0 radical (unpaired) electrons. The first-order valence-corrected chi connectivity index (χ1v) is 9.95. The maximum atomic E-state index is 12.1. The lowest BCUT2D eigenvalue weighted by Crippen LogP contribution is -2.40. The Morgan fingerprint density at radius 1 is 1.15 bits per heavy atom. The largest absolute Gasteiger partial charge is 0.352 e. The summed E-state index contributed by atoms with van der Waals surface area (Å²) in [5.41, 5.74) is 3.51. The highest BCUT2D eigenvalue weighted by molar-refractivity contribution is 7.89. The standard InChI is InChI=1S/C19H24N4O2S/c1-20-19(23-13-12-16-6-4-5-7-18(16)23)21-14-15-8-10-17(11-9-15)26(24,25)22(2)3/h4-11H,12-14H2,1-3H3,(H,20,21). The molecule has 0 fully saturated rings. The van der Waals surface area contributed by atoms with Crippen molar-refractivity contribution in [1.82, 2.24) is 9.62 Å². The topological polar surface area (TPSA) is 65.0 Å². The lowest BCUT2D eigenvalue weighted by Gasteiger charge is -2.22. The van der Waals surface area contributed by atoms with Gasteiger partial charge < -0.3 is 10.2 Å². The van der Waals surface area contributed by atoms with Crippen LogP contribution in [-0.4, -0.2) is 46.4 Å². The van der Waals surface area contributed by atoms with Crippen LogP contribution in [0.2, 0.25) is 0 Å². The third-order valence-electron chi connectivity index (χ3n) is 4.51. The van der Waals surface area contributed by atoms with Gasteiger partial charge in [0.25, 0.3) is 0 Å². The molecule has 26 heavy (non-hydrogen) atoms. The maximum Gasteiger partial charge on any atom is 0.242 e. The first-order chi connectivity index (χ1) is 12.4. The molecule has 0 aromatic heterocycles. The van der Waals surface area contributed by atoms with Crippen LogP contribution in [-0.2, 0) is 23.0 Å². The lowest BCUT2D eigenvalue weighted by atomic mass is 10.2. The van der Waals surface area contributed by atoms with E-state index in [1.807, 2.05) is 18.2 Å². The molecular weight excluding hydrogens is 348 g/mol. The zero-order valence-electron chi connectivity index (χ0n) is 15.3. The van der Waals surface area contributed by atoms with Crippen molar-refractivity contribution in [1.29, 1.82) is 0 Å². The van der Waals surface area contributed by atoms with Crippen LogP contribution in [0.1, 0.15) is 11.1 Å². The zero-order chi connectivity index (χ0) is 18.7. The number of nitrogens with zero attached hydrogens (tertiary/aromatic N) is 3. The van der Waals surface area contributed by atoms with Crippen molar-refractivity contribution in [2.75, 3.05) is 32.6 Å². The Hall–Kier alpha value is -2.38. The first-order valence-electron chi connectivity index (χ1n) is 8.51. The van der Waals surface area contributed by atoms with Crippen LogP contribution in [0, 0.1) is 0 Å². The Bertz CT molecular complexity index is 905. The highest BCUT2D eigenvalue weighted by Crippen LogP contribution is 2.27. The van der Waals surface area contributed by atoms with Gasteiger partial charge in [-0.05, 0) is 35.7 Å². The molecule has 0 spiro atoms. The van der Waals surface area contributed by atoms with Gasteiger partial charge in [0.05, 0.1) is 4.90 Å². The summed E-state index contributed by atoms with van der Waals surface area (Å²) < 4.78 is 25.5. The van der Waals surface area contributed by atoms with Gasteiger partial charge in [0, 0.05) is 39.9 Å². The minimum absolute atomic E-state index is 0.295. The van der Waals surface area contributed by atoms with E-state index in [-0.39, 0.29) is 0 Å². The second-order valence-electron chi connectivity index (χ2n) is 6.36. The number of para-hydroxylation sites is 1. The molecule has 0 unspecified atom stereocenters. The molecule has 3 rings (SSSR count). The summed E-state index contributed by atoms with van der Waals surface area (Å²) >= 11 is 0. The van der Waals surface area contributed by atoms with Crippen LogP contribution in [0.5, 0.6) is 0 Å². The molecule has 1 heterocycles. The Labute approximate surface area is 155 Å². The monoisotopic (exact) mass is 372 g/mol. The van der Waals surface area contributed by atoms with Gasteiger partial charge in [-0.2, -0.15) is 0 Å². The van der Waals surface area contributed by atoms with E-state index in [1.54, 1.807) is 19.2 Å². The van der Waals surface area contributed by atoms with Gasteiger partial charge in [0.2, 0.25) is 10.0 Å². The molecule has 0 amide bonds. The lowest BCUT2D eigenvalue weighted by molar-refractivity contribution is 0.520. The fraction of sp³-hybridized carbons (Fsp3) is 0.316. The van der Waals surface area contributed by atoms with Crippen LogP contribution in [0.15, 0.2) is 58.4 Å². The van der Waals surface area contributed by atoms with E-state index in [2.05, 4.69) is 33.4 Å². The summed E-state index contributed by atoms with van der Waals surface area (Å²) in [5, 5.41) is 3.37. The van der Waals surface area contributed by atoms with Crippen LogP contribution in [0.25, 0.3) is 0 Å². The number of benzene rings is 2. The average molecular weight is 372 g/mol. The van der Waals surface area contributed by atoms with E-state index in [9.17, 15) is 8.42 Å². The summed E-state index contributed by atoms with van der Waals surface area (Å²) in [6.07, 6.45) is 1.01. The Morgan fingerprint density at radius 3 is 2.50 bits per heavy atom. The SMILES string of the molecule is CN=C(NCc1ccc(S(=O)(=O)N(C)C)cc1)N1CCc2ccccc21. The molecule has 1 aliphatic rings. The number of hydrogen-bond acceptors (Lipinski definition) is 3. The molecule has 1 aliphatic heterocycles. The fourth-order valence-electron chi connectivity index (χ4n) is 3.02. The van der Waals surface area contributed by atoms with E-state index in [4.69, 9.17) is 0 Å². The third kappa shape index (κ3) is 3.59. The predicted octanol–water partition coefficient (Wildman–Crippen LogP) is 2.07. The molecule has 0 bridgehead atoms. The quantitative estimate of drug-likeness (QED) is 0.659. The van der Waals surface area contributed by atoms with E-state index in [0.717, 1.165) is 24.5 Å².